The minimum Gasteiger partial charge on any atom is -0.494 e. The molecule has 2 aromatic carbocycles. The van der Waals surface area contributed by atoms with E-state index in [2.05, 4.69) is 27.8 Å². The van der Waals surface area contributed by atoms with E-state index in [1.54, 1.807) is 18.3 Å². The number of hydrogen-bond acceptors (Lipinski definition) is 6. The van der Waals surface area contributed by atoms with Crippen molar-refractivity contribution < 1.29 is 19.4 Å². The molecule has 3 N–H and O–H groups in total. The van der Waals surface area contributed by atoms with E-state index in [0.29, 0.717) is 18.7 Å². The van der Waals surface area contributed by atoms with Gasteiger partial charge in [-0.15, -0.1) is 0 Å². The van der Waals surface area contributed by atoms with E-state index in [4.69, 9.17) is 9.72 Å². The van der Waals surface area contributed by atoms with Crippen molar-refractivity contribution in [1.29, 1.82) is 0 Å². The summed E-state index contributed by atoms with van der Waals surface area (Å²) in [4.78, 5) is 33.4. The molecule has 3 aromatic rings. The number of nitrogens with zero attached hydrogens (tertiary/aromatic N) is 2. The smallest absolute Gasteiger partial charge is 0.326 e. The molecule has 0 bridgehead atoms. The lowest BCUT2D eigenvalue weighted by Gasteiger charge is -2.17. The van der Waals surface area contributed by atoms with Crippen LogP contribution in [0.3, 0.4) is 0 Å². The van der Waals surface area contributed by atoms with Crippen LogP contribution < -0.4 is 15.4 Å². The molecule has 5 rings (SSSR count). The molecule has 1 amide bonds. The summed E-state index contributed by atoms with van der Waals surface area (Å²) in [7, 11) is 0. The largest absolute Gasteiger partial charge is 0.494 e. The first-order valence-corrected chi connectivity index (χ1v) is 12.7. The number of pyridine rings is 1. The molecule has 2 aliphatic rings. The highest BCUT2D eigenvalue weighted by Gasteiger charge is 2.22. The number of anilines is 1. The summed E-state index contributed by atoms with van der Waals surface area (Å²) in [5, 5.41) is 15.7. The molecule has 38 heavy (non-hydrogen) atoms. The fraction of sp³-hybridized carbons (Fsp3) is 0.310. The molecule has 0 fully saturated rings. The first kappa shape index (κ1) is 27.2. The Bertz CT molecular complexity index is 1330. The van der Waals surface area contributed by atoms with Crippen LogP contribution in [-0.4, -0.2) is 47.4 Å². The van der Waals surface area contributed by atoms with Gasteiger partial charge in [0.1, 0.15) is 17.6 Å². The number of carboxylic acids is 1. The summed E-state index contributed by atoms with van der Waals surface area (Å²) in [5.41, 5.74) is 5.51. The van der Waals surface area contributed by atoms with E-state index in [0.717, 1.165) is 66.2 Å². The zero-order valence-corrected chi connectivity index (χ0v) is 22.1. The average molecular weight is 533 g/mol. The van der Waals surface area contributed by atoms with Crippen LogP contribution >= 0.6 is 13.5 Å². The van der Waals surface area contributed by atoms with Crippen LogP contribution in [0, 0.1) is 0 Å². The predicted octanol–water partition coefficient (Wildman–Crippen LogP) is 3.92. The molecule has 0 spiro atoms. The average Bonchev–Trinajstić information content (AvgIpc) is 3.39. The zero-order chi connectivity index (χ0) is 25.6. The molecule has 3 heterocycles. The molecule has 2 aliphatic heterocycles. The third-order valence-electron chi connectivity index (χ3n) is 6.66. The Balaban J connectivity index is 0.00000336. The first-order valence-electron chi connectivity index (χ1n) is 12.7. The van der Waals surface area contributed by atoms with Crippen LogP contribution in [0.2, 0.25) is 0 Å². The highest BCUT2D eigenvalue weighted by atomic mass is 32.1. The number of hydrogen-bond donors (Lipinski definition) is 3. The van der Waals surface area contributed by atoms with Gasteiger partial charge in [0.05, 0.1) is 13.2 Å². The second kappa shape index (κ2) is 12.6. The number of amides is 1. The van der Waals surface area contributed by atoms with E-state index in [1.165, 1.54) is 5.56 Å². The third kappa shape index (κ3) is 6.72. The number of aliphatic carboxylic acids is 1. The predicted molar refractivity (Wildman–Crippen MR) is 152 cm³/mol. The highest BCUT2D eigenvalue weighted by Crippen LogP contribution is 2.21. The van der Waals surface area contributed by atoms with Crippen molar-refractivity contribution in [2.24, 2.45) is 4.99 Å². The number of ether oxygens (including phenoxy) is 1. The van der Waals surface area contributed by atoms with Crippen molar-refractivity contribution in [3.63, 3.8) is 0 Å². The van der Waals surface area contributed by atoms with Gasteiger partial charge in [0.2, 0.25) is 0 Å². The fourth-order valence-corrected chi connectivity index (χ4v) is 4.59. The molecule has 0 saturated heterocycles. The van der Waals surface area contributed by atoms with Crippen LogP contribution in [0.1, 0.15) is 51.1 Å². The molecule has 9 heteroatoms. The van der Waals surface area contributed by atoms with E-state index in [9.17, 15) is 14.7 Å². The van der Waals surface area contributed by atoms with Crippen LogP contribution in [0.25, 0.3) is 0 Å². The number of carbonyl (C=O) groups is 2. The van der Waals surface area contributed by atoms with E-state index in [-0.39, 0.29) is 19.9 Å². The monoisotopic (exact) mass is 532 g/mol. The summed E-state index contributed by atoms with van der Waals surface area (Å²) >= 11 is 0. The maximum atomic E-state index is 12.7. The Morgan fingerprint density at radius 3 is 2.71 bits per heavy atom. The minimum atomic E-state index is -1.08. The molecule has 0 unspecified atom stereocenters. The molecular formula is C29H32N4O4S. The normalized spacial score (nSPS) is 13.9. The van der Waals surface area contributed by atoms with Crippen LogP contribution in [-0.2, 0) is 30.6 Å². The minimum absolute atomic E-state index is 0. The Hall–Kier alpha value is -3.85. The second-order valence-corrected chi connectivity index (χ2v) is 9.39. The number of benzene rings is 2. The Morgan fingerprint density at radius 1 is 1.08 bits per heavy atom. The summed E-state index contributed by atoms with van der Waals surface area (Å²) < 4.78 is 5.87. The molecule has 1 aromatic heterocycles. The van der Waals surface area contributed by atoms with Crippen molar-refractivity contribution >= 4 is 37.4 Å². The second-order valence-electron chi connectivity index (χ2n) is 9.39. The van der Waals surface area contributed by atoms with E-state index >= 15 is 0 Å². The lowest BCUT2D eigenvalue weighted by Crippen LogP contribution is -2.42. The molecule has 0 radical (unpaired) electrons. The molecule has 198 valence electrons. The maximum absolute atomic E-state index is 12.7. The van der Waals surface area contributed by atoms with Gasteiger partial charge >= 0.3 is 5.97 Å². The van der Waals surface area contributed by atoms with Gasteiger partial charge in [-0.05, 0) is 78.3 Å². The number of carboxylic acid groups (broad SMARTS) is 1. The number of rotatable bonds is 10. The zero-order valence-electron chi connectivity index (χ0n) is 21.1. The van der Waals surface area contributed by atoms with E-state index in [1.807, 2.05) is 30.3 Å². The van der Waals surface area contributed by atoms with Gasteiger partial charge in [0, 0.05) is 30.4 Å². The Morgan fingerprint density at radius 2 is 1.89 bits per heavy atom. The quantitative estimate of drug-likeness (QED) is 0.341. The SMILES string of the molecule is O=C(N[C@@H](Cc1ccc(OCCCc2ccc3c(n2)NCCC3)cc1)C(=O)O)c1ccc2c(c1)C=NC2.S. The standard InChI is InChI=1S/C29H30N4O4.H2S/c34-28(21-7-8-22-17-30-18-23(22)16-21)33-26(29(35)36)15-19-5-11-25(12-6-19)37-14-2-4-24-10-9-20-3-1-13-31-27(20)32-24;/h5-12,16,18,26H,1-4,13-15,17H2,(H,31,32)(H,33,34)(H,35,36);1H2/t26-;/m0./s1. The first-order chi connectivity index (χ1) is 18.0. The summed E-state index contributed by atoms with van der Waals surface area (Å²) in [5.74, 6) is 0.236. The molecular weight excluding hydrogens is 500 g/mol. The van der Waals surface area contributed by atoms with Gasteiger partial charge in [0.25, 0.3) is 5.91 Å². The van der Waals surface area contributed by atoms with E-state index < -0.39 is 17.9 Å². The van der Waals surface area contributed by atoms with Crippen LogP contribution in [0.4, 0.5) is 5.82 Å². The van der Waals surface area contributed by atoms with Gasteiger partial charge in [-0.3, -0.25) is 9.79 Å². The maximum Gasteiger partial charge on any atom is 0.326 e. The number of aryl methyl sites for hydroxylation is 2. The summed E-state index contributed by atoms with van der Waals surface area (Å²) in [6.07, 6.45) is 5.81. The molecule has 8 nitrogen and oxygen atoms in total. The van der Waals surface area contributed by atoms with Crippen molar-refractivity contribution in [3.8, 4) is 5.75 Å². The number of aliphatic imine (C=N–C) groups is 1. The Kier molecular flexibility index (Phi) is 9.02. The number of aromatic nitrogens is 1. The molecule has 0 saturated carbocycles. The lowest BCUT2D eigenvalue weighted by atomic mass is 10.0. The number of nitrogens with one attached hydrogen (secondary N) is 2. The summed E-state index contributed by atoms with van der Waals surface area (Å²) in [6, 6.07) is 15.8. The fourth-order valence-electron chi connectivity index (χ4n) is 4.59. The molecule has 1 atom stereocenters. The number of fused-ring (bicyclic) bond motifs is 2. The van der Waals surface area contributed by atoms with Crippen LogP contribution in [0.5, 0.6) is 5.75 Å². The van der Waals surface area contributed by atoms with Gasteiger partial charge in [-0.2, -0.15) is 13.5 Å². The highest BCUT2D eigenvalue weighted by molar-refractivity contribution is 7.59. The molecule has 0 aliphatic carbocycles. The van der Waals surface area contributed by atoms with Crippen molar-refractivity contribution in [3.05, 3.63) is 88.1 Å². The topological polar surface area (TPSA) is 113 Å². The summed E-state index contributed by atoms with van der Waals surface area (Å²) in [6.45, 7) is 2.15. The number of carbonyl (C=O) groups excluding carboxylic acids is 1. The lowest BCUT2D eigenvalue weighted by molar-refractivity contribution is -0.139. The Labute approximate surface area is 229 Å². The van der Waals surface area contributed by atoms with Crippen molar-refractivity contribution in [2.75, 3.05) is 18.5 Å². The van der Waals surface area contributed by atoms with Gasteiger partial charge in [-0.25, -0.2) is 9.78 Å². The van der Waals surface area contributed by atoms with Gasteiger partial charge < -0.3 is 20.5 Å². The van der Waals surface area contributed by atoms with Gasteiger partial charge in [0.15, 0.2) is 0 Å². The van der Waals surface area contributed by atoms with Crippen molar-refractivity contribution in [1.82, 2.24) is 10.3 Å². The third-order valence-corrected chi connectivity index (χ3v) is 6.66. The van der Waals surface area contributed by atoms with Crippen molar-refractivity contribution in [2.45, 2.75) is 44.7 Å². The van der Waals surface area contributed by atoms with Crippen LogP contribution in [0.15, 0.2) is 59.6 Å². The van der Waals surface area contributed by atoms with Gasteiger partial charge in [-0.1, -0.05) is 24.3 Å².